The maximum absolute atomic E-state index is 12.0. The van der Waals surface area contributed by atoms with Crippen LogP contribution >= 0.6 is 0 Å². The Morgan fingerprint density at radius 3 is 2.87 bits per heavy atom. The molecule has 1 saturated carbocycles. The largest absolute Gasteiger partial charge is 0.458 e. The van der Waals surface area contributed by atoms with E-state index in [1.54, 1.807) is 4.31 Å². The molecule has 1 aliphatic carbocycles. The van der Waals surface area contributed by atoms with Gasteiger partial charge in [-0.2, -0.15) is 12.7 Å². The normalized spacial score (nSPS) is 48.7. The van der Waals surface area contributed by atoms with E-state index in [0.717, 1.165) is 38.5 Å². The molecular formula is C16H23NO5S. The van der Waals surface area contributed by atoms with Crippen molar-refractivity contribution >= 4 is 16.3 Å². The number of nitrogens with zero attached hydrogens (tertiary/aromatic N) is 1. The Morgan fingerprint density at radius 1 is 1.30 bits per heavy atom. The first-order chi connectivity index (χ1) is 10.8. The van der Waals surface area contributed by atoms with Gasteiger partial charge in [0.1, 0.15) is 6.10 Å². The highest BCUT2D eigenvalue weighted by atomic mass is 32.2. The zero-order chi connectivity index (χ0) is 16.4. The van der Waals surface area contributed by atoms with Crippen LogP contribution in [0.2, 0.25) is 0 Å². The lowest BCUT2D eigenvalue weighted by atomic mass is 9.86. The summed E-state index contributed by atoms with van der Waals surface area (Å²) in [5.74, 6) is 0.201. The number of ether oxygens (including phenoxy) is 1. The van der Waals surface area contributed by atoms with Gasteiger partial charge in [-0.05, 0) is 38.0 Å². The van der Waals surface area contributed by atoms with Gasteiger partial charge in [-0.25, -0.2) is 4.79 Å². The summed E-state index contributed by atoms with van der Waals surface area (Å²) in [5.41, 5.74) is 0.252. The molecular weight excluding hydrogens is 318 g/mol. The molecule has 23 heavy (non-hydrogen) atoms. The Morgan fingerprint density at radius 2 is 2.09 bits per heavy atom. The molecule has 128 valence electrons. The molecule has 3 heterocycles. The summed E-state index contributed by atoms with van der Waals surface area (Å²) in [5, 5.41) is 0. The summed E-state index contributed by atoms with van der Waals surface area (Å²) in [6, 6.07) is 0.0902. The number of carbonyl (C=O) groups is 1. The molecule has 0 aromatic carbocycles. The molecule has 4 rings (SSSR count). The van der Waals surface area contributed by atoms with E-state index in [1.165, 1.54) is 0 Å². The van der Waals surface area contributed by atoms with Crippen LogP contribution in [-0.2, 0) is 24.0 Å². The minimum atomic E-state index is -3.53. The summed E-state index contributed by atoms with van der Waals surface area (Å²) < 4.78 is 36.1. The fourth-order valence-electron chi connectivity index (χ4n) is 4.74. The van der Waals surface area contributed by atoms with Crippen LogP contribution < -0.4 is 0 Å². The number of hydrogen-bond acceptors (Lipinski definition) is 5. The predicted molar refractivity (Wildman–Crippen MR) is 82.6 cm³/mol. The first kappa shape index (κ1) is 15.6. The minimum Gasteiger partial charge on any atom is -0.458 e. The zero-order valence-electron chi connectivity index (χ0n) is 13.4. The highest BCUT2D eigenvalue weighted by molar-refractivity contribution is 7.85. The van der Waals surface area contributed by atoms with Crippen molar-refractivity contribution in [3.63, 3.8) is 0 Å². The lowest BCUT2D eigenvalue weighted by molar-refractivity contribution is -0.139. The van der Waals surface area contributed by atoms with E-state index >= 15 is 0 Å². The fraction of sp³-hybridized carbons (Fsp3) is 0.812. The Balaban J connectivity index is 1.55. The third kappa shape index (κ3) is 2.27. The maximum Gasteiger partial charge on any atom is 0.339 e. The van der Waals surface area contributed by atoms with E-state index in [4.69, 9.17) is 8.92 Å². The number of esters is 1. The number of hydrogen-bond donors (Lipinski definition) is 0. The van der Waals surface area contributed by atoms with E-state index in [9.17, 15) is 13.2 Å². The first-order valence-corrected chi connectivity index (χ1v) is 9.80. The molecule has 7 heteroatoms. The van der Waals surface area contributed by atoms with Crippen LogP contribution in [-0.4, -0.2) is 43.0 Å². The third-order valence-electron chi connectivity index (χ3n) is 6.08. The summed E-state index contributed by atoms with van der Waals surface area (Å²) in [4.78, 5) is 11.8. The van der Waals surface area contributed by atoms with Crippen molar-refractivity contribution < 1.29 is 22.1 Å². The monoisotopic (exact) mass is 341 g/mol. The third-order valence-corrected chi connectivity index (χ3v) is 7.60. The van der Waals surface area contributed by atoms with Crippen molar-refractivity contribution in [1.29, 1.82) is 0 Å². The quantitative estimate of drug-likeness (QED) is 0.381. The summed E-state index contributed by atoms with van der Waals surface area (Å²) in [7, 11) is -3.53. The highest BCUT2D eigenvalue weighted by Gasteiger charge is 2.72. The molecule has 6 atom stereocenters. The van der Waals surface area contributed by atoms with Gasteiger partial charge in [-0.3, -0.25) is 4.18 Å². The van der Waals surface area contributed by atoms with E-state index < -0.39 is 10.3 Å². The van der Waals surface area contributed by atoms with Gasteiger partial charge in [0.25, 0.3) is 0 Å². The second-order valence-corrected chi connectivity index (χ2v) is 9.01. The molecule has 5 unspecified atom stereocenters. The Hall–Kier alpha value is -0.920. The van der Waals surface area contributed by atoms with Gasteiger partial charge in [-0.15, -0.1) is 0 Å². The van der Waals surface area contributed by atoms with Crippen LogP contribution in [0.3, 0.4) is 0 Å². The minimum absolute atomic E-state index is 0.0587. The lowest BCUT2D eigenvalue weighted by Gasteiger charge is -2.21. The van der Waals surface area contributed by atoms with E-state index in [-0.39, 0.29) is 36.2 Å². The molecule has 0 aromatic heterocycles. The van der Waals surface area contributed by atoms with Crippen molar-refractivity contribution in [1.82, 2.24) is 4.31 Å². The Bertz CT molecular complexity index is 659. The Kier molecular flexibility index (Phi) is 3.42. The molecule has 0 N–H and O–H groups in total. The van der Waals surface area contributed by atoms with Crippen LogP contribution in [0, 0.1) is 11.8 Å². The topological polar surface area (TPSA) is 72.7 Å². The van der Waals surface area contributed by atoms with Gasteiger partial charge in [0, 0.05) is 17.5 Å². The van der Waals surface area contributed by atoms with Crippen LogP contribution in [0.25, 0.3) is 0 Å². The fourth-order valence-corrected chi connectivity index (χ4v) is 6.49. The van der Waals surface area contributed by atoms with E-state index in [0.29, 0.717) is 11.5 Å². The number of rotatable bonds is 0. The van der Waals surface area contributed by atoms with Crippen molar-refractivity contribution in [2.24, 2.45) is 11.8 Å². The predicted octanol–water partition coefficient (Wildman–Crippen LogP) is 1.77. The molecule has 6 nitrogen and oxygen atoms in total. The molecule has 4 aliphatic rings. The molecule has 4 fully saturated rings. The maximum atomic E-state index is 12.0. The first-order valence-electron chi connectivity index (χ1n) is 8.44. The molecule has 1 spiro atoms. The standard InChI is InChI=1S/C16H23NO5S/c1-10-5-6-14-16(9-21-23(19,20)17(14)16)7-3-4-12-11(2)15(18)22-13(12)8-10/h10,12-14H,2-9H2,1H3/t10?,12?,13-,14?,16?,17?/m1/s1. The molecule has 3 aliphatic heterocycles. The van der Waals surface area contributed by atoms with Crippen LogP contribution in [0.15, 0.2) is 12.2 Å². The van der Waals surface area contributed by atoms with Crippen LogP contribution in [0.5, 0.6) is 0 Å². The highest BCUT2D eigenvalue weighted by Crippen LogP contribution is 2.55. The van der Waals surface area contributed by atoms with Crippen molar-refractivity contribution in [3.05, 3.63) is 12.2 Å². The second-order valence-electron chi connectivity index (χ2n) is 7.52. The molecule has 0 aromatic rings. The van der Waals surface area contributed by atoms with Gasteiger partial charge in [0.05, 0.1) is 12.1 Å². The zero-order valence-corrected chi connectivity index (χ0v) is 14.2. The molecule has 3 saturated heterocycles. The van der Waals surface area contributed by atoms with Crippen molar-refractivity contribution in [3.8, 4) is 0 Å². The number of fused-ring (bicyclic) bond motifs is 2. The molecule has 0 radical (unpaired) electrons. The van der Waals surface area contributed by atoms with E-state index in [1.807, 2.05) is 0 Å². The van der Waals surface area contributed by atoms with Gasteiger partial charge in [-0.1, -0.05) is 19.9 Å². The van der Waals surface area contributed by atoms with E-state index in [2.05, 4.69) is 13.5 Å². The van der Waals surface area contributed by atoms with Gasteiger partial charge in [0.2, 0.25) is 0 Å². The summed E-state index contributed by atoms with van der Waals surface area (Å²) >= 11 is 0. The van der Waals surface area contributed by atoms with Gasteiger partial charge >= 0.3 is 16.3 Å². The van der Waals surface area contributed by atoms with Gasteiger partial charge in [0.15, 0.2) is 0 Å². The average molecular weight is 341 g/mol. The molecule has 0 amide bonds. The average Bonchev–Trinajstić information content (AvgIpc) is 2.95. The Labute approximate surface area is 137 Å². The van der Waals surface area contributed by atoms with Crippen molar-refractivity contribution in [2.45, 2.75) is 63.1 Å². The second kappa shape index (κ2) is 5.04. The molecule has 0 bridgehead atoms. The number of carbonyl (C=O) groups excluding carboxylic acids is 1. The van der Waals surface area contributed by atoms with Gasteiger partial charge < -0.3 is 4.74 Å². The van der Waals surface area contributed by atoms with Crippen LogP contribution in [0.1, 0.15) is 45.4 Å². The smallest absolute Gasteiger partial charge is 0.339 e. The van der Waals surface area contributed by atoms with Crippen molar-refractivity contribution in [2.75, 3.05) is 6.61 Å². The lowest BCUT2D eigenvalue weighted by Crippen LogP contribution is -2.21. The summed E-state index contributed by atoms with van der Waals surface area (Å²) in [6.45, 7) is 6.33. The SMILES string of the molecule is C=C1C(=O)O[C@@H]2CC(C)CCC3N4C3(CCCC12)COS4(=O)=O. The van der Waals surface area contributed by atoms with Crippen LogP contribution in [0.4, 0.5) is 0 Å². The summed E-state index contributed by atoms with van der Waals surface area (Å²) in [6.07, 6.45) is 5.04.